The molecule has 0 aliphatic heterocycles. The summed E-state index contributed by atoms with van der Waals surface area (Å²) in [5, 5.41) is 3.99. The van der Waals surface area contributed by atoms with E-state index in [-0.39, 0.29) is 5.91 Å². The minimum atomic E-state index is 0.0282. The van der Waals surface area contributed by atoms with Gasteiger partial charge in [0.25, 0.3) is 5.91 Å². The van der Waals surface area contributed by atoms with E-state index in [1.165, 1.54) is 0 Å². The highest BCUT2D eigenvalue weighted by atomic mass is 16.2. The lowest BCUT2D eigenvalue weighted by molar-refractivity contribution is 0.0723. The van der Waals surface area contributed by atoms with Crippen LogP contribution in [0.25, 0.3) is 0 Å². The molecule has 0 saturated heterocycles. The summed E-state index contributed by atoms with van der Waals surface area (Å²) >= 11 is 0. The molecule has 1 aromatic rings. The van der Waals surface area contributed by atoms with E-state index in [1.54, 1.807) is 28.9 Å². The molecule has 5 heteroatoms. The molecule has 1 saturated carbocycles. The second kappa shape index (κ2) is 4.25. The molecule has 2 rings (SSSR count). The van der Waals surface area contributed by atoms with Gasteiger partial charge in [-0.15, -0.1) is 0 Å². The Hall–Kier alpha value is -1.36. The Morgan fingerprint density at radius 2 is 2.38 bits per heavy atom. The molecule has 0 radical (unpaired) electrons. The second-order valence-electron chi connectivity index (χ2n) is 4.62. The Balaban J connectivity index is 1.92. The quantitative estimate of drug-likeness (QED) is 0.796. The molecule has 0 spiro atoms. The second-order valence-corrected chi connectivity index (χ2v) is 4.62. The maximum absolute atomic E-state index is 12.0. The van der Waals surface area contributed by atoms with Crippen molar-refractivity contribution >= 4 is 5.91 Å². The van der Waals surface area contributed by atoms with Gasteiger partial charge in [0.1, 0.15) is 5.69 Å². The number of carbonyl (C=O) groups is 1. The van der Waals surface area contributed by atoms with E-state index in [9.17, 15) is 4.79 Å². The number of aryl methyl sites for hydroxylation is 1. The van der Waals surface area contributed by atoms with E-state index in [1.807, 2.05) is 7.05 Å². The van der Waals surface area contributed by atoms with Crippen LogP contribution < -0.4 is 5.73 Å². The fourth-order valence-electron chi connectivity index (χ4n) is 2.19. The van der Waals surface area contributed by atoms with Crippen molar-refractivity contribution in [2.24, 2.45) is 18.7 Å². The standard InChI is InChI=1S/C11H18N4O/c1-14(7-8-5-9(12)6-8)11(16)10-3-4-13-15(10)2/h3-4,8-9H,5-7,12H2,1-2H3. The zero-order chi connectivity index (χ0) is 11.7. The average molecular weight is 222 g/mol. The molecular weight excluding hydrogens is 204 g/mol. The first-order valence-electron chi connectivity index (χ1n) is 5.57. The number of aromatic nitrogens is 2. The third kappa shape index (κ3) is 2.09. The molecule has 1 aliphatic carbocycles. The molecule has 0 atom stereocenters. The van der Waals surface area contributed by atoms with Crippen molar-refractivity contribution in [2.45, 2.75) is 18.9 Å². The monoisotopic (exact) mass is 222 g/mol. The van der Waals surface area contributed by atoms with Gasteiger partial charge in [-0.3, -0.25) is 9.48 Å². The number of nitrogens with zero attached hydrogens (tertiary/aromatic N) is 3. The SMILES string of the molecule is CN(CC1CC(N)C1)C(=O)c1ccnn1C. The van der Waals surface area contributed by atoms with E-state index in [4.69, 9.17) is 5.73 Å². The van der Waals surface area contributed by atoms with Crippen LogP contribution in [0, 0.1) is 5.92 Å². The van der Waals surface area contributed by atoms with Crippen molar-refractivity contribution in [3.8, 4) is 0 Å². The number of hydrogen-bond donors (Lipinski definition) is 1. The first-order valence-corrected chi connectivity index (χ1v) is 5.57. The Morgan fingerprint density at radius 1 is 1.69 bits per heavy atom. The molecule has 5 nitrogen and oxygen atoms in total. The van der Waals surface area contributed by atoms with Gasteiger partial charge >= 0.3 is 0 Å². The summed E-state index contributed by atoms with van der Waals surface area (Å²) in [6.07, 6.45) is 3.70. The molecule has 88 valence electrons. The van der Waals surface area contributed by atoms with Crippen LogP contribution in [0.2, 0.25) is 0 Å². The van der Waals surface area contributed by atoms with Crippen LogP contribution in [-0.4, -0.2) is 40.2 Å². The molecule has 0 aromatic carbocycles. The Bertz CT molecular complexity index is 381. The van der Waals surface area contributed by atoms with Crippen LogP contribution in [0.15, 0.2) is 12.3 Å². The van der Waals surface area contributed by atoms with Gasteiger partial charge in [0, 0.05) is 32.9 Å². The van der Waals surface area contributed by atoms with E-state index < -0.39 is 0 Å². The fraction of sp³-hybridized carbons (Fsp3) is 0.636. The molecule has 1 aliphatic rings. The lowest BCUT2D eigenvalue weighted by Crippen LogP contribution is -2.43. The lowest BCUT2D eigenvalue weighted by atomic mass is 9.80. The molecule has 0 bridgehead atoms. The third-order valence-corrected chi connectivity index (χ3v) is 3.19. The smallest absolute Gasteiger partial charge is 0.271 e. The highest BCUT2D eigenvalue weighted by Crippen LogP contribution is 2.26. The average Bonchev–Trinajstić information content (AvgIpc) is 2.61. The van der Waals surface area contributed by atoms with E-state index in [2.05, 4.69) is 5.10 Å². The molecule has 1 fully saturated rings. The normalized spacial score (nSPS) is 23.9. The van der Waals surface area contributed by atoms with Crippen LogP contribution in [-0.2, 0) is 7.05 Å². The van der Waals surface area contributed by atoms with E-state index in [0.717, 1.165) is 19.4 Å². The van der Waals surface area contributed by atoms with E-state index >= 15 is 0 Å². The molecule has 16 heavy (non-hydrogen) atoms. The first-order chi connectivity index (χ1) is 7.58. The highest BCUT2D eigenvalue weighted by molar-refractivity contribution is 5.92. The number of hydrogen-bond acceptors (Lipinski definition) is 3. The number of amides is 1. The zero-order valence-electron chi connectivity index (χ0n) is 9.76. The summed E-state index contributed by atoms with van der Waals surface area (Å²) < 4.78 is 1.60. The molecule has 0 unspecified atom stereocenters. The Labute approximate surface area is 95.2 Å². The molecule has 2 N–H and O–H groups in total. The number of rotatable bonds is 3. The predicted molar refractivity (Wildman–Crippen MR) is 60.9 cm³/mol. The van der Waals surface area contributed by atoms with Crippen molar-refractivity contribution in [1.29, 1.82) is 0 Å². The Kier molecular flexibility index (Phi) is 2.96. The molecule has 1 heterocycles. The minimum Gasteiger partial charge on any atom is -0.340 e. The van der Waals surface area contributed by atoms with Gasteiger partial charge in [0.05, 0.1) is 0 Å². The first kappa shape index (κ1) is 11.1. The van der Waals surface area contributed by atoms with E-state index in [0.29, 0.717) is 17.7 Å². The Morgan fingerprint density at radius 3 is 2.88 bits per heavy atom. The predicted octanol–water partition coefficient (Wildman–Crippen LogP) is 0.229. The summed E-state index contributed by atoms with van der Waals surface area (Å²) in [7, 11) is 3.61. The summed E-state index contributed by atoms with van der Waals surface area (Å²) in [5.74, 6) is 0.595. The summed E-state index contributed by atoms with van der Waals surface area (Å²) in [4.78, 5) is 13.8. The third-order valence-electron chi connectivity index (χ3n) is 3.19. The topological polar surface area (TPSA) is 64.2 Å². The van der Waals surface area contributed by atoms with Crippen molar-refractivity contribution in [1.82, 2.24) is 14.7 Å². The van der Waals surface area contributed by atoms with Gasteiger partial charge in [-0.05, 0) is 24.8 Å². The summed E-state index contributed by atoms with van der Waals surface area (Å²) in [6.45, 7) is 0.789. The maximum Gasteiger partial charge on any atom is 0.271 e. The lowest BCUT2D eigenvalue weighted by Gasteiger charge is -2.35. The largest absolute Gasteiger partial charge is 0.340 e. The summed E-state index contributed by atoms with van der Waals surface area (Å²) in [6, 6.07) is 2.08. The van der Waals surface area contributed by atoms with Crippen molar-refractivity contribution < 1.29 is 4.79 Å². The van der Waals surface area contributed by atoms with Crippen molar-refractivity contribution in [3.63, 3.8) is 0 Å². The minimum absolute atomic E-state index is 0.0282. The van der Waals surface area contributed by atoms with Crippen molar-refractivity contribution in [2.75, 3.05) is 13.6 Å². The fourth-order valence-corrected chi connectivity index (χ4v) is 2.19. The van der Waals surface area contributed by atoms with Crippen LogP contribution in [0.1, 0.15) is 23.3 Å². The van der Waals surface area contributed by atoms with Gasteiger partial charge in [0.15, 0.2) is 0 Å². The highest BCUT2D eigenvalue weighted by Gasteiger charge is 2.28. The van der Waals surface area contributed by atoms with Crippen LogP contribution in [0.5, 0.6) is 0 Å². The number of carbonyl (C=O) groups excluding carboxylic acids is 1. The molecule has 1 amide bonds. The van der Waals surface area contributed by atoms with Crippen LogP contribution >= 0.6 is 0 Å². The van der Waals surface area contributed by atoms with Gasteiger partial charge in [-0.25, -0.2) is 0 Å². The van der Waals surface area contributed by atoms with Gasteiger partial charge in [-0.1, -0.05) is 0 Å². The van der Waals surface area contributed by atoms with Crippen molar-refractivity contribution in [3.05, 3.63) is 18.0 Å². The maximum atomic E-state index is 12.0. The van der Waals surface area contributed by atoms with Crippen LogP contribution in [0.4, 0.5) is 0 Å². The zero-order valence-corrected chi connectivity index (χ0v) is 9.76. The van der Waals surface area contributed by atoms with Gasteiger partial charge < -0.3 is 10.6 Å². The van der Waals surface area contributed by atoms with Crippen LogP contribution in [0.3, 0.4) is 0 Å². The molecule has 1 aromatic heterocycles. The summed E-state index contributed by atoms with van der Waals surface area (Å²) in [5.41, 5.74) is 6.35. The van der Waals surface area contributed by atoms with Gasteiger partial charge in [-0.2, -0.15) is 5.10 Å². The number of nitrogens with two attached hydrogens (primary N) is 1. The van der Waals surface area contributed by atoms with Gasteiger partial charge in [0.2, 0.25) is 0 Å². The molecular formula is C11H18N4O.